The number of rotatable bonds is 2. The highest BCUT2D eigenvalue weighted by Gasteiger charge is 2.23. The summed E-state index contributed by atoms with van der Waals surface area (Å²) in [5.41, 5.74) is 10.6. The monoisotopic (exact) mass is 337 g/mol. The smallest absolute Gasteiger partial charge is 0.337 e. The van der Waals surface area contributed by atoms with E-state index in [9.17, 15) is 4.79 Å². The van der Waals surface area contributed by atoms with Crippen LogP contribution in [-0.4, -0.2) is 34.6 Å². The predicted molar refractivity (Wildman–Crippen MR) is 95.6 cm³/mol. The van der Waals surface area contributed by atoms with Crippen molar-refractivity contribution in [3.05, 3.63) is 46.8 Å². The number of anilines is 2. The number of carbonyl (C=O) groups is 1. The molecule has 3 heterocycles. The highest BCUT2D eigenvalue weighted by Crippen LogP contribution is 2.30. The highest BCUT2D eigenvalue weighted by atomic mass is 16.5. The largest absolute Gasteiger partial charge is 0.465 e. The molecule has 0 fully saturated rings. The molecule has 1 aromatic carbocycles. The van der Waals surface area contributed by atoms with Crippen LogP contribution in [0.15, 0.2) is 24.3 Å². The van der Waals surface area contributed by atoms with Crippen molar-refractivity contribution in [3.8, 4) is 0 Å². The number of fused-ring (bicyclic) bond motifs is 3. The second kappa shape index (κ2) is 5.77. The first-order chi connectivity index (χ1) is 12.0. The van der Waals surface area contributed by atoms with Crippen molar-refractivity contribution in [3.63, 3.8) is 0 Å². The fourth-order valence-corrected chi connectivity index (χ4v) is 3.39. The van der Waals surface area contributed by atoms with Gasteiger partial charge in [0.05, 0.1) is 12.7 Å². The summed E-state index contributed by atoms with van der Waals surface area (Å²) in [4.78, 5) is 26.0. The Kier molecular flexibility index (Phi) is 3.56. The Morgan fingerprint density at radius 2 is 2.16 bits per heavy atom. The van der Waals surface area contributed by atoms with Gasteiger partial charge in [0.2, 0.25) is 5.95 Å². The number of nitrogens with zero attached hydrogens (tertiary/aromatic N) is 3. The van der Waals surface area contributed by atoms with Gasteiger partial charge in [-0.05, 0) is 25.1 Å². The average Bonchev–Trinajstić information content (AvgIpc) is 2.97. The molecule has 128 valence electrons. The van der Waals surface area contributed by atoms with Crippen molar-refractivity contribution in [2.75, 3.05) is 24.3 Å². The molecular weight excluding hydrogens is 318 g/mol. The van der Waals surface area contributed by atoms with Crippen molar-refractivity contribution in [1.29, 1.82) is 0 Å². The van der Waals surface area contributed by atoms with E-state index in [0.717, 1.165) is 35.4 Å². The zero-order chi connectivity index (χ0) is 17.6. The van der Waals surface area contributed by atoms with Crippen LogP contribution in [-0.2, 0) is 17.7 Å². The molecule has 25 heavy (non-hydrogen) atoms. The first-order valence-corrected chi connectivity index (χ1v) is 8.13. The lowest BCUT2D eigenvalue weighted by atomic mass is 10.0. The topological polar surface area (TPSA) is 97.1 Å². The van der Waals surface area contributed by atoms with Crippen LogP contribution < -0.4 is 10.6 Å². The van der Waals surface area contributed by atoms with Crippen LogP contribution in [0, 0.1) is 6.92 Å². The van der Waals surface area contributed by atoms with Gasteiger partial charge in [-0.3, -0.25) is 0 Å². The first kappa shape index (κ1) is 15.4. The zero-order valence-corrected chi connectivity index (χ0v) is 14.2. The minimum atomic E-state index is -0.330. The Morgan fingerprint density at radius 1 is 1.32 bits per heavy atom. The molecule has 0 radical (unpaired) electrons. The van der Waals surface area contributed by atoms with Gasteiger partial charge in [0.1, 0.15) is 5.82 Å². The zero-order valence-electron chi connectivity index (χ0n) is 14.2. The van der Waals surface area contributed by atoms with Crippen LogP contribution in [0.4, 0.5) is 11.8 Å². The Balaban J connectivity index is 1.75. The van der Waals surface area contributed by atoms with Crippen molar-refractivity contribution in [2.24, 2.45) is 0 Å². The van der Waals surface area contributed by atoms with Gasteiger partial charge in [0.15, 0.2) is 0 Å². The molecule has 2 aromatic heterocycles. The molecule has 3 N–H and O–H groups in total. The van der Waals surface area contributed by atoms with E-state index in [1.807, 2.05) is 25.1 Å². The van der Waals surface area contributed by atoms with E-state index in [1.54, 1.807) is 6.07 Å². The van der Waals surface area contributed by atoms with Gasteiger partial charge in [0.25, 0.3) is 0 Å². The van der Waals surface area contributed by atoms with E-state index in [1.165, 1.54) is 18.4 Å². The van der Waals surface area contributed by atoms with Crippen molar-refractivity contribution in [1.82, 2.24) is 15.0 Å². The first-order valence-electron chi connectivity index (χ1n) is 8.13. The second-order valence-corrected chi connectivity index (χ2v) is 6.23. The number of benzene rings is 1. The van der Waals surface area contributed by atoms with Gasteiger partial charge >= 0.3 is 5.97 Å². The van der Waals surface area contributed by atoms with Crippen LogP contribution in [0.25, 0.3) is 10.9 Å². The summed E-state index contributed by atoms with van der Waals surface area (Å²) in [7, 11) is 1.39. The summed E-state index contributed by atoms with van der Waals surface area (Å²) in [6.07, 6.45) is 0.876. The van der Waals surface area contributed by atoms with Crippen molar-refractivity contribution < 1.29 is 9.53 Å². The van der Waals surface area contributed by atoms with E-state index in [2.05, 4.69) is 19.9 Å². The van der Waals surface area contributed by atoms with Gasteiger partial charge < -0.3 is 20.4 Å². The number of methoxy groups -OCH3 is 1. The van der Waals surface area contributed by atoms with E-state index in [-0.39, 0.29) is 11.9 Å². The molecule has 4 rings (SSSR count). The molecule has 0 amide bonds. The second-order valence-electron chi connectivity index (χ2n) is 6.23. The number of aryl methyl sites for hydroxylation is 1. The van der Waals surface area contributed by atoms with Crippen LogP contribution in [0.5, 0.6) is 0 Å². The van der Waals surface area contributed by atoms with Gasteiger partial charge in [-0.2, -0.15) is 4.98 Å². The fourth-order valence-electron chi connectivity index (χ4n) is 3.39. The number of hydrogen-bond acceptors (Lipinski definition) is 6. The molecule has 7 nitrogen and oxygen atoms in total. The van der Waals surface area contributed by atoms with Gasteiger partial charge in [-0.15, -0.1) is 0 Å². The van der Waals surface area contributed by atoms with E-state index in [0.29, 0.717) is 12.1 Å². The van der Waals surface area contributed by atoms with Crippen LogP contribution in [0.2, 0.25) is 0 Å². The van der Waals surface area contributed by atoms with E-state index >= 15 is 0 Å². The quantitative estimate of drug-likeness (QED) is 0.696. The predicted octanol–water partition coefficient (Wildman–Crippen LogP) is 2.20. The summed E-state index contributed by atoms with van der Waals surface area (Å²) in [6.45, 7) is 3.46. The molecule has 0 saturated carbocycles. The molecule has 0 saturated heterocycles. The van der Waals surface area contributed by atoms with Crippen molar-refractivity contribution >= 4 is 28.6 Å². The number of esters is 1. The Morgan fingerprint density at radius 3 is 2.92 bits per heavy atom. The fraction of sp³-hybridized carbons (Fsp3) is 0.278. The molecule has 0 bridgehead atoms. The van der Waals surface area contributed by atoms with Gasteiger partial charge in [-0.25, -0.2) is 9.78 Å². The SMILES string of the molecule is COC(=O)c1ccc2[nH]c3c(c2c1)CN(c1cc(C)nc(N)n1)CC3. The number of ether oxygens (including phenoxy) is 1. The molecule has 0 spiro atoms. The minimum Gasteiger partial charge on any atom is -0.465 e. The molecule has 7 heteroatoms. The third-order valence-corrected chi connectivity index (χ3v) is 4.58. The van der Waals surface area contributed by atoms with Gasteiger partial charge in [0, 0.05) is 53.4 Å². The number of nitrogen functional groups attached to an aromatic ring is 1. The summed E-state index contributed by atoms with van der Waals surface area (Å²) in [5, 5.41) is 1.04. The highest BCUT2D eigenvalue weighted by molar-refractivity contribution is 5.96. The Hall–Kier alpha value is -3.09. The third-order valence-electron chi connectivity index (χ3n) is 4.58. The van der Waals surface area contributed by atoms with Crippen LogP contribution in [0.1, 0.15) is 27.3 Å². The summed E-state index contributed by atoms with van der Waals surface area (Å²) in [6, 6.07) is 7.54. The van der Waals surface area contributed by atoms with E-state index in [4.69, 9.17) is 10.5 Å². The van der Waals surface area contributed by atoms with E-state index < -0.39 is 0 Å². The minimum absolute atomic E-state index is 0.285. The number of nitrogens with one attached hydrogen (secondary N) is 1. The number of carbonyl (C=O) groups excluding carboxylic acids is 1. The summed E-state index contributed by atoms with van der Waals surface area (Å²) < 4.78 is 4.83. The molecule has 0 aliphatic carbocycles. The Bertz CT molecular complexity index is 959. The maximum absolute atomic E-state index is 11.8. The number of aromatic nitrogens is 3. The lowest BCUT2D eigenvalue weighted by Crippen LogP contribution is -2.31. The molecule has 3 aromatic rings. The molecule has 0 unspecified atom stereocenters. The standard InChI is InChI=1S/C18H19N5O2/c1-10-7-16(22-18(19)20-10)23-6-5-15-13(9-23)12-8-11(17(24)25-2)3-4-14(12)21-15/h3-4,7-8,21H,5-6,9H2,1-2H3,(H2,19,20,22). The summed E-state index contributed by atoms with van der Waals surface area (Å²) in [5.74, 6) is 0.783. The Labute approximate surface area is 144 Å². The number of hydrogen-bond donors (Lipinski definition) is 2. The maximum atomic E-state index is 11.8. The van der Waals surface area contributed by atoms with Crippen LogP contribution in [0.3, 0.4) is 0 Å². The van der Waals surface area contributed by atoms with Crippen molar-refractivity contribution in [2.45, 2.75) is 19.9 Å². The average molecular weight is 337 g/mol. The number of H-pyrrole nitrogens is 1. The maximum Gasteiger partial charge on any atom is 0.337 e. The van der Waals surface area contributed by atoms with Gasteiger partial charge in [-0.1, -0.05) is 0 Å². The summed E-state index contributed by atoms with van der Waals surface area (Å²) >= 11 is 0. The number of aromatic amines is 1. The normalized spacial score (nSPS) is 13.8. The molecular formula is C18H19N5O2. The third kappa shape index (κ3) is 2.67. The lowest BCUT2D eigenvalue weighted by Gasteiger charge is -2.28. The molecule has 0 atom stereocenters. The number of nitrogens with two attached hydrogens (primary N) is 1. The molecule has 1 aliphatic rings. The lowest BCUT2D eigenvalue weighted by molar-refractivity contribution is 0.0601. The molecule has 1 aliphatic heterocycles. The van der Waals surface area contributed by atoms with Crippen LogP contribution >= 0.6 is 0 Å².